The summed E-state index contributed by atoms with van der Waals surface area (Å²) < 4.78 is 5.72. The van der Waals surface area contributed by atoms with E-state index in [2.05, 4.69) is 9.97 Å². The van der Waals surface area contributed by atoms with Gasteiger partial charge in [-0.05, 0) is 19.4 Å². The monoisotopic (exact) mass is 307 g/mol. The van der Waals surface area contributed by atoms with E-state index in [4.69, 9.17) is 16.3 Å². The molecule has 1 heterocycles. The highest BCUT2D eigenvalue weighted by Gasteiger charge is 2.17. The first-order valence-corrected chi connectivity index (χ1v) is 6.83. The maximum atomic E-state index is 11.0. The van der Waals surface area contributed by atoms with Crippen LogP contribution in [0.25, 0.3) is 0 Å². The third kappa shape index (κ3) is 3.28. The Morgan fingerprint density at radius 3 is 2.81 bits per heavy atom. The van der Waals surface area contributed by atoms with Crippen LogP contribution >= 0.6 is 11.6 Å². The van der Waals surface area contributed by atoms with Gasteiger partial charge in [-0.3, -0.25) is 10.1 Å². The molecule has 110 valence electrons. The van der Waals surface area contributed by atoms with Crippen LogP contribution < -0.4 is 4.74 Å². The van der Waals surface area contributed by atoms with Crippen molar-refractivity contribution in [1.82, 2.24) is 9.97 Å². The van der Waals surface area contributed by atoms with Crippen LogP contribution in [-0.2, 0) is 6.42 Å². The average Bonchev–Trinajstić information content (AvgIpc) is 2.44. The topological polar surface area (TPSA) is 78.2 Å². The van der Waals surface area contributed by atoms with Crippen LogP contribution in [0.3, 0.4) is 0 Å². The lowest BCUT2D eigenvalue weighted by Crippen LogP contribution is -2.00. The van der Waals surface area contributed by atoms with E-state index in [1.54, 1.807) is 19.1 Å². The largest absolute Gasteiger partial charge is 0.438 e. The molecule has 1 aromatic heterocycles. The average molecular weight is 308 g/mol. The fourth-order valence-electron chi connectivity index (χ4n) is 1.94. The van der Waals surface area contributed by atoms with Crippen molar-refractivity contribution in [2.75, 3.05) is 0 Å². The number of rotatable bonds is 5. The van der Waals surface area contributed by atoms with Crippen molar-refractivity contribution in [3.63, 3.8) is 0 Å². The molecule has 7 heteroatoms. The Bertz CT molecular complexity index is 677. The fourth-order valence-corrected chi connectivity index (χ4v) is 2.16. The molecule has 2 rings (SSSR count). The number of hydrogen-bond acceptors (Lipinski definition) is 5. The van der Waals surface area contributed by atoms with E-state index in [0.717, 1.165) is 6.42 Å². The second-order valence-electron chi connectivity index (χ2n) is 4.46. The van der Waals surface area contributed by atoms with Crippen LogP contribution in [0.15, 0.2) is 24.5 Å². The molecule has 0 saturated carbocycles. The summed E-state index contributed by atoms with van der Waals surface area (Å²) in [4.78, 5) is 18.5. The molecule has 21 heavy (non-hydrogen) atoms. The number of halogens is 1. The molecule has 0 radical (unpaired) electrons. The zero-order valence-electron chi connectivity index (χ0n) is 11.7. The van der Waals surface area contributed by atoms with Crippen molar-refractivity contribution in [3.05, 3.63) is 50.9 Å². The molecule has 0 aliphatic carbocycles. The van der Waals surface area contributed by atoms with Crippen LogP contribution in [0.5, 0.6) is 11.6 Å². The first-order chi connectivity index (χ1) is 10.0. The van der Waals surface area contributed by atoms with Gasteiger partial charge < -0.3 is 4.74 Å². The minimum absolute atomic E-state index is 0.00435. The van der Waals surface area contributed by atoms with Crippen LogP contribution in [0.2, 0.25) is 5.15 Å². The molecule has 0 bridgehead atoms. The van der Waals surface area contributed by atoms with Crippen LogP contribution in [0, 0.1) is 17.0 Å². The Morgan fingerprint density at radius 2 is 2.14 bits per heavy atom. The van der Waals surface area contributed by atoms with Gasteiger partial charge in [-0.15, -0.1) is 0 Å². The Morgan fingerprint density at radius 1 is 1.38 bits per heavy atom. The summed E-state index contributed by atoms with van der Waals surface area (Å²) in [5.41, 5.74) is 1.15. The summed E-state index contributed by atoms with van der Waals surface area (Å²) in [5.74, 6) is 0.719. The zero-order chi connectivity index (χ0) is 15.4. The van der Waals surface area contributed by atoms with E-state index in [-0.39, 0.29) is 5.69 Å². The third-order valence-corrected chi connectivity index (χ3v) is 3.34. The molecule has 0 atom stereocenters. The van der Waals surface area contributed by atoms with E-state index in [9.17, 15) is 10.1 Å². The van der Waals surface area contributed by atoms with Gasteiger partial charge in [0.25, 0.3) is 5.69 Å². The maximum absolute atomic E-state index is 11.0. The van der Waals surface area contributed by atoms with Crippen molar-refractivity contribution in [3.8, 4) is 11.6 Å². The van der Waals surface area contributed by atoms with E-state index < -0.39 is 4.92 Å². The van der Waals surface area contributed by atoms with E-state index in [1.165, 1.54) is 12.4 Å². The summed E-state index contributed by atoms with van der Waals surface area (Å²) >= 11 is 6.06. The Balaban J connectivity index is 2.41. The predicted octanol–water partition coefficient (Wildman–Crippen LogP) is 4.09. The van der Waals surface area contributed by atoms with Gasteiger partial charge in [0.1, 0.15) is 17.2 Å². The van der Waals surface area contributed by atoms with Crippen molar-refractivity contribution >= 4 is 17.3 Å². The van der Waals surface area contributed by atoms with E-state index in [1.807, 2.05) is 6.92 Å². The summed E-state index contributed by atoms with van der Waals surface area (Å²) in [6, 6.07) is 4.67. The second kappa shape index (κ2) is 6.49. The van der Waals surface area contributed by atoms with Gasteiger partial charge in [-0.1, -0.05) is 31.0 Å². The molecular formula is C14H14ClN3O3. The molecule has 0 saturated heterocycles. The Hall–Kier alpha value is -2.21. The second-order valence-corrected chi connectivity index (χ2v) is 4.82. The first kappa shape index (κ1) is 15.2. The van der Waals surface area contributed by atoms with Crippen LogP contribution in [-0.4, -0.2) is 14.9 Å². The number of nitro groups is 1. The summed E-state index contributed by atoms with van der Waals surface area (Å²) in [6.07, 6.45) is 2.84. The van der Waals surface area contributed by atoms with Crippen molar-refractivity contribution in [1.29, 1.82) is 0 Å². The summed E-state index contributed by atoms with van der Waals surface area (Å²) in [6.45, 7) is 3.64. The number of hydrogen-bond donors (Lipinski definition) is 0. The molecule has 0 unspecified atom stereocenters. The standard InChI is InChI=1S/C14H14ClN3O3/c1-3-5-10-13(15)16-8-17-14(10)21-12-7-4-6-11(9(12)2)18(19)20/h4,6-8H,3,5H2,1-2H3. The number of nitrogens with zero attached hydrogens (tertiary/aromatic N) is 3. The first-order valence-electron chi connectivity index (χ1n) is 6.45. The Labute approximate surface area is 126 Å². The molecule has 1 aromatic carbocycles. The van der Waals surface area contributed by atoms with E-state index in [0.29, 0.717) is 34.3 Å². The highest BCUT2D eigenvalue weighted by Crippen LogP contribution is 2.33. The van der Waals surface area contributed by atoms with Crippen molar-refractivity contribution in [2.24, 2.45) is 0 Å². The minimum Gasteiger partial charge on any atom is -0.438 e. The van der Waals surface area contributed by atoms with Crippen LogP contribution in [0.1, 0.15) is 24.5 Å². The third-order valence-electron chi connectivity index (χ3n) is 3.01. The molecule has 0 aliphatic rings. The predicted molar refractivity (Wildman–Crippen MR) is 78.9 cm³/mol. The SMILES string of the molecule is CCCc1c(Cl)ncnc1Oc1cccc([N+](=O)[O-])c1C. The van der Waals surface area contributed by atoms with Crippen LogP contribution in [0.4, 0.5) is 5.69 Å². The highest BCUT2D eigenvalue weighted by molar-refractivity contribution is 6.30. The van der Waals surface area contributed by atoms with Crippen molar-refractivity contribution < 1.29 is 9.66 Å². The van der Waals surface area contributed by atoms with Gasteiger partial charge in [0, 0.05) is 6.07 Å². The van der Waals surface area contributed by atoms with Gasteiger partial charge in [-0.2, -0.15) is 0 Å². The van der Waals surface area contributed by atoms with Gasteiger partial charge in [0.05, 0.1) is 16.1 Å². The molecule has 0 aliphatic heterocycles. The fraction of sp³-hybridized carbons (Fsp3) is 0.286. The molecule has 2 aromatic rings. The van der Waals surface area contributed by atoms with E-state index >= 15 is 0 Å². The molecule has 0 spiro atoms. The quantitative estimate of drug-likeness (QED) is 0.472. The van der Waals surface area contributed by atoms with Crippen molar-refractivity contribution in [2.45, 2.75) is 26.7 Å². The van der Waals surface area contributed by atoms with Gasteiger partial charge in [0.2, 0.25) is 5.88 Å². The molecule has 0 fully saturated rings. The number of benzene rings is 1. The molecule has 0 N–H and O–H groups in total. The lowest BCUT2D eigenvalue weighted by atomic mass is 10.1. The minimum atomic E-state index is -0.442. The summed E-state index contributed by atoms with van der Waals surface area (Å²) in [5, 5.41) is 11.3. The number of aromatic nitrogens is 2. The molecule has 6 nitrogen and oxygen atoms in total. The lowest BCUT2D eigenvalue weighted by Gasteiger charge is -2.11. The van der Waals surface area contributed by atoms with Gasteiger partial charge >= 0.3 is 0 Å². The Kier molecular flexibility index (Phi) is 4.70. The lowest BCUT2D eigenvalue weighted by molar-refractivity contribution is -0.385. The smallest absolute Gasteiger partial charge is 0.276 e. The van der Waals surface area contributed by atoms with Gasteiger partial charge in [0.15, 0.2) is 0 Å². The highest BCUT2D eigenvalue weighted by atomic mass is 35.5. The number of nitro benzene ring substituents is 1. The number of ether oxygens (including phenoxy) is 1. The molecule has 0 amide bonds. The zero-order valence-corrected chi connectivity index (χ0v) is 12.4. The normalized spacial score (nSPS) is 10.4. The molecular weight excluding hydrogens is 294 g/mol. The summed E-state index contributed by atoms with van der Waals surface area (Å²) in [7, 11) is 0. The van der Waals surface area contributed by atoms with Gasteiger partial charge in [-0.25, -0.2) is 9.97 Å². The maximum Gasteiger partial charge on any atom is 0.276 e.